The summed E-state index contributed by atoms with van der Waals surface area (Å²) in [7, 11) is 3.79. The van der Waals surface area contributed by atoms with Crippen molar-refractivity contribution < 1.29 is 22.8 Å². The van der Waals surface area contributed by atoms with Crippen LogP contribution in [0.5, 0.6) is 0 Å². The third-order valence-electron chi connectivity index (χ3n) is 5.29. The number of hydrogen-bond donors (Lipinski definition) is 4. The lowest BCUT2D eigenvalue weighted by Crippen LogP contribution is -2.33. The molecule has 2 aromatic heterocycles. The molecule has 4 rings (SSSR count). The number of benzene rings is 1. The number of nitrogens with zero attached hydrogens (tertiary/aromatic N) is 4. The van der Waals surface area contributed by atoms with Gasteiger partial charge in [-0.2, -0.15) is 23.4 Å². The van der Waals surface area contributed by atoms with Crippen LogP contribution in [0.2, 0.25) is 10.0 Å². The van der Waals surface area contributed by atoms with E-state index in [4.69, 9.17) is 28.9 Å². The van der Waals surface area contributed by atoms with E-state index in [1.54, 1.807) is 25.2 Å². The minimum Gasteiger partial charge on any atom is -0.387 e. The van der Waals surface area contributed by atoms with Crippen molar-refractivity contribution in [1.29, 1.82) is 0 Å². The number of carbonyl (C=O) groups excluding carboxylic acids is 2. The zero-order chi connectivity index (χ0) is 29.9. The van der Waals surface area contributed by atoms with E-state index in [2.05, 4.69) is 31.2 Å². The summed E-state index contributed by atoms with van der Waals surface area (Å²) < 4.78 is 37.7. The van der Waals surface area contributed by atoms with Crippen LogP contribution in [0, 0.1) is 6.92 Å². The van der Waals surface area contributed by atoms with E-state index in [1.807, 2.05) is 20.0 Å². The summed E-state index contributed by atoms with van der Waals surface area (Å²) in [6.45, 7) is 1.74. The van der Waals surface area contributed by atoms with Crippen LogP contribution >= 0.6 is 23.2 Å². The topological polar surface area (TPSA) is 139 Å². The number of aromatic nitrogens is 3. The van der Waals surface area contributed by atoms with Crippen molar-refractivity contribution in [2.75, 3.05) is 19.4 Å². The maximum atomic E-state index is 12.2. The molecule has 0 spiro atoms. The average molecular weight is 601 g/mol. The first-order valence-corrected chi connectivity index (χ1v) is 12.6. The van der Waals surface area contributed by atoms with Gasteiger partial charge in [-0.15, -0.1) is 0 Å². The Labute approximate surface area is 239 Å². The number of rotatable bonds is 8. The second kappa shape index (κ2) is 15.2. The maximum absolute atomic E-state index is 12.2. The van der Waals surface area contributed by atoms with Crippen molar-refractivity contribution in [3.05, 3.63) is 69.1 Å². The number of amidine groups is 1. The number of nitrogens with one attached hydrogen (secondary N) is 3. The number of nitrogens with two attached hydrogens (primary N) is 1. The van der Waals surface area contributed by atoms with Gasteiger partial charge in [0.25, 0.3) is 0 Å². The Balaban J connectivity index is 0.000000271. The van der Waals surface area contributed by atoms with Gasteiger partial charge < -0.3 is 21.8 Å². The smallest absolute Gasteiger partial charge is 0.387 e. The number of hydrogen-bond acceptors (Lipinski definition) is 8. The largest absolute Gasteiger partial charge is 0.450 e. The van der Waals surface area contributed by atoms with Gasteiger partial charge in [0.05, 0.1) is 17.3 Å². The first-order chi connectivity index (χ1) is 18.9. The Bertz CT molecular complexity index is 1330. The fourth-order valence-electron chi connectivity index (χ4n) is 3.16. The quantitative estimate of drug-likeness (QED) is 0.128. The summed E-state index contributed by atoms with van der Waals surface area (Å²) >= 11 is 11.7. The highest BCUT2D eigenvalue weighted by molar-refractivity contribution is 6.32. The monoisotopic (exact) mass is 600 g/mol. The Morgan fingerprint density at radius 3 is 2.40 bits per heavy atom. The van der Waals surface area contributed by atoms with Crippen molar-refractivity contribution in [1.82, 2.24) is 25.5 Å². The summed E-state index contributed by atoms with van der Waals surface area (Å²) in [5.74, 6) is -1.29. The van der Waals surface area contributed by atoms with Crippen molar-refractivity contribution in [3.8, 4) is 5.82 Å². The summed E-state index contributed by atoms with van der Waals surface area (Å²) in [4.78, 5) is 25.7. The summed E-state index contributed by atoms with van der Waals surface area (Å²) in [5.41, 5.74) is 9.69. The lowest BCUT2D eigenvalue weighted by Gasteiger charge is -2.07. The molecule has 0 amide bonds. The van der Waals surface area contributed by atoms with Gasteiger partial charge in [-0.05, 0) is 62.7 Å². The second-order valence-corrected chi connectivity index (χ2v) is 9.19. The lowest BCUT2D eigenvalue weighted by molar-refractivity contribution is -0.0603. The molecule has 0 saturated heterocycles. The fourth-order valence-corrected chi connectivity index (χ4v) is 3.65. The number of pyridine rings is 1. The van der Waals surface area contributed by atoms with Crippen LogP contribution in [-0.2, 0) is 6.54 Å². The summed E-state index contributed by atoms with van der Waals surface area (Å²) in [6, 6.07) is 8.88. The molecule has 0 atom stereocenters. The summed E-state index contributed by atoms with van der Waals surface area (Å²) in [5, 5.41) is 14.0. The predicted molar refractivity (Wildman–Crippen MR) is 149 cm³/mol. The zero-order valence-electron chi connectivity index (χ0n) is 21.9. The highest BCUT2D eigenvalue weighted by atomic mass is 35.5. The van der Waals surface area contributed by atoms with Crippen LogP contribution in [0.4, 0.5) is 18.9 Å². The number of anilines is 1. The van der Waals surface area contributed by atoms with Crippen molar-refractivity contribution in [2.24, 2.45) is 10.8 Å². The number of aldehydes is 2. The third-order valence-corrected chi connectivity index (χ3v) is 5.80. The molecular weight excluding hydrogens is 572 g/mol. The van der Waals surface area contributed by atoms with Crippen LogP contribution in [-0.4, -0.2) is 59.5 Å². The molecule has 3 aromatic rings. The minimum atomic E-state index is -4.72. The third kappa shape index (κ3) is 9.81. The van der Waals surface area contributed by atoms with Gasteiger partial charge in [0.2, 0.25) is 5.84 Å². The van der Waals surface area contributed by atoms with E-state index in [9.17, 15) is 22.8 Å². The SMILES string of the molecule is CNC1CC1.CNc1c(C)cc(Cl)cc1C=O.N/C(=N\NCc1cc(C=O)n(-c2ncccc2Cl)n1)C(F)(F)F. The molecule has 40 heavy (non-hydrogen) atoms. The lowest BCUT2D eigenvalue weighted by atomic mass is 10.1. The van der Waals surface area contributed by atoms with Gasteiger partial charge >= 0.3 is 6.18 Å². The number of halogens is 5. The molecular formula is C25H29Cl2F3N8O2. The molecule has 1 aliphatic rings. The average Bonchev–Trinajstić information content (AvgIpc) is 3.67. The van der Waals surface area contributed by atoms with E-state index in [0.717, 1.165) is 23.6 Å². The molecule has 5 N–H and O–H groups in total. The van der Waals surface area contributed by atoms with Crippen LogP contribution in [0.3, 0.4) is 0 Å². The first kappa shape index (κ1) is 32.5. The Hall–Kier alpha value is -3.68. The van der Waals surface area contributed by atoms with E-state index < -0.39 is 12.0 Å². The maximum Gasteiger partial charge on any atom is 0.450 e. The van der Waals surface area contributed by atoms with Crippen LogP contribution in [0.25, 0.3) is 5.82 Å². The molecule has 10 nitrogen and oxygen atoms in total. The van der Waals surface area contributed by atoms with Crippen molar-refractivity contribution in [2.45, 2.75) is 38.5 Å². The van der Waals surface area contributed by atoms with Crippen LogP contribution in [0.1, 0.15) is 44.9 Å². The molecule has 1 aliphatic carbocycles. The minimum absolute atomic E-state index is 0.134. The van der Waals surface area contributed by atoms with E-state index in [0.29, 0.717) is 16.9 Å². The van der Waals surface area contributed by atoms with E-state index >= 15 is 0 Å². The predicted octanol–water partition coefficient (Wildman–Crippen LogP) is 4.53. The molecule has 2 heterocycles. The molecule has 1 saturated carbocycles. The molecule has 0 aliphatic heterocycles. The molecule has 1 aromatic carbocycles. The Morgan fingerprint density at radius 2 is 1.90 bits per heavy atom. The standard InChI is InChI=1S/C12H10ClF3N6O.C9H10ClNO.C4H9N/c13-9-2-1-3-18-10(9)22-8(6-23)4-7(21-22)5-19-20-11(17)12(14,15)16;1-6-3-8(10)4-7(5-12)9(6)11-2;1-5-4-2-3-4/h1-4,6,19H,5H2,(H2,17,20);3-5,11H,1-2H3;4-5H,2-3H2,1H3. The molecule has 216 valence electrons. The first-order valence-electron chi connectivity index (χ1n) is 11.8. The number of hydrazone groups is 1. The fraction of sp³-hybridized carbons (Fsp3) is 0.320. The van der Waals surface area contributed by atoms with E-state index in [-0.39, 0.29) is 28.8 Å². The van der Waals surface area contributed by atoms with Gasteiger partial charge in [0.1, 0.15) is 5.69 Å². The zero-order valence-corrected chi connectivity index (χ0v) is 23.4. The number of aryl methyl sites for hydroxylation is 1. The highest BCUT2D eigenvalue weighted by Gasteiger charge is 2.33. The van der Waals surface area contributed by atoms with Crippen molar-refractivity contribution >= 4 is 47.3 Å². The van der Waals surface area contributed by atoms with Gasteiger partial charge in [0, 0.05) is 35.6 Å². The number of carbonyl (C=O) groups is 2. The van der Waals surface area contributed by atoms with Crippen LogP contribution in [0.15, 0.2) is 41.6 Å². The van der Waals surface area contributed by atoms with Crippen molar-refractivity contribution in [3.63, 3.8) is 0 Å². The van der Waals surface area contributed by atoms with E-state index in [1.165, 1.54) is 29.8 Å². The molecule has 0 radical (unpaired) electrons. The number of alkyl halides is 3. The van der Waals surface area contributed by atoms with Gasteiger partial charge in [-0.1, -0.05) is 23.2 Å². The van der Waals surface area contributed by atoms with Gasteiger partial charge in [-0.3, -0.25) is 9.59 Å². The van der Waals surface area contributed by atoms with Crippen LogP contribution < -0.4 is 21.8 Å². The van der Waals surface area contributed by atoms with Gasteiger partial charge in [0.15, 0.2) is 18.4 Å². The Morgan fingerprint density at radius 1 is 1.20 bits per heavy atom. The molecule has 1 fully saturated rings. The molecule has 0 unspecified atom stereocenters. The summed E-state index contributed by atoms with van der Waals surface area (Å²) in [6.07, 6.45) is 0.859. The molecule has 0 bridgehead atoms. The Kier molecular flexibility index (Phi) is 12.4. The van der Waals surface area contributed by atoms with Gasteiger partial charge in [-0.25, -0.2) is 9.67 Å². The normalized spacial score (nSPS) is 12.8. The highest BCUT2D eigenvalue weighted by Crippen LogP contribution is 2.23. The molecule has 15 heteroatoms. The second-order valence-electron chi connectivity index (χ2n) is 8.35.